The summed E-state index contributed by atoms with van der Waals surface area (Å²) in [6.45, 7) is 2.10. The molecule has 0 aliphatic carbocycles. The fourth-order valence-electron chi connectivity index (χ4n) is 2.79. The molecule has 0 bridgehead atoms. The Labute approximate surface area is 138 Å². The second-order valence-electron chi connectivity index (χ2n) is 5.37. The van der Waals surface area contributed by atoms with E-state index in [1.165, 1.54) is 11.1 Å². The first-order valence-corrected chi connectivity index (χ1v) is 8.15. The lowest BCUT2D eigenvalue weighted by Crippen LogP contribution is -2.26. The number of nitrogens with one attached hydrogen (secondary N) is 1. The van der Waals surface area contributed by atoms with Crippen molar-refractivity contribution in [3.05, 3.63) is 62.6 Å². The van der Waals surface area contributed by atoms with Gasteiger partial charge in [-0.15, -0.1) is 0 Å². The van der Waals surface area contributed by atoms with Crippen LogP contribution < -0.4 is 10.1 Å². The number of benzene rings is 2. The molecule has 110 valence electrons. The van der Waals surface area contributed by atoms with E-state index in [-0.39, 0.29) is 12.1 Å². The number of aryl methyl sites for hydroxylation is 1. The lowest BCUT2D eigenvalue weighted by Gasteiger charge is -2.32. The Kier molecular flexibility index (Phi) is 4.25. The molecule has 2 nitrogen and oxygen atoms in total. The summed E-state index contributed by atoms with van der Waals surface area (Å²) in [4.78, 5) is 0. The summed E-state index contributed by atoms with van der Waals surface area (Å²) in [5.41, 5.74) is 3.56. The summed E-state index contributed by atoms with van der Waals surface area (Å²) in [7, 11) is 1.98. The summed E-state index contributed by atoms with van der Waals surface area (Å²) in [5.74, 6) is 0.913. The van der Waals surface area contributed by atoms with Gasteiger partial charge in [0.25, 0.3) is 0 Å². The van der Waals surface area contributed by atoms with Crippen LogP contribution in [0.1, 0.15) is 35.3 Å². The number of ether oxygens (including phenoxy) is 1. The van der Waals surface area contributed by atoms with Gasteiger partial charge in [-0.3, -0.25) is 0 Å². The van der Waals surface area contributed by atoms with Crippen molar-refractivity contribution in [2.24, 2.45) is 0 Å². The van der Waals surface area contributed by atoms with E-state index in [1.807, 2.05) is 25.2 Å². The largest absolute Gasteiger partial charge is 0.485 e. The van der Waals surface area contributed by atoms with E-state index in [9.17, 15) is 0 Å². The molecular formula is C17H17BrClNO. The fourth-order valence-corrected chi connectivity index (χ4v) is 3.21. The molecule has 1 N–H and O–H groups in total. The van der Waals surface area contributed by atoms with E-state index in [0.717, 1.165) is 27.2 Å². The lowest BCUT2D eigenvalue weighted by molar-refractivity contribution is 0.154. The van der Waals surface area contributed by atoms with Crippen LogP contribution in [0.3, 0.4) is 0 Å². The Morgan fingerprint density at radius 2 is 2.05 bits per heavy atom. The number of rotatable bonds is 2. The number of hydrogen-bond acceptors (Lipinski definition) is 2. The maximum absolute atomic E-state index is 6.19. The number of hydrogen-bond donors (Lipinski definition) is 1. The third-order valence-corrected chi connectivity index (χ3v) is 5.09. The Morgan fingerprint density at radius 3 is 2.76 bits per heavy atom. The molecule has 3 rings (SSSR count). The molecule has 2 aromatic rings. The minimum atomic E-state index is 0.0583. The molecule has 0 saturated heterocycles. The van der Waals surface area contributed by atoms with Crippen molar-refractivity contribution in [2.45, 2.75) is 25.5 Å². The highest BCUT2D eigenvalue weighted by atomic mass is 79.9. The SMILES string of the molecule is CNC1CC(c2ccc(Br)c(C)c2)Oc2ccc(Cl)cc21. The lowest BCUT2D eigenvalue weighted by atomic mass is 9.92. The molecule has 0 aromatic heterocycles. The first kappa shape index (κ1) is 14.9. The molecule has 1 heterocycles. The van der Waals surface area contributed by atoms with Gasteiger partial charge in [-0.25, -0.2) is 0 Å². The maximum Gasteiger partial charge on any atom is 0.126 e. The monoisotopic (exact) mass is 365 g/mol. The van der Waals surface area contributed by atoms with Crippen LogP contribution in [0, 0.1) is 6.92 Å². The van der Waals surface area contributed by atoms with E-state index in [2.05, 4.69) is 46.4 Å². The molecule has 2 unspecified atom stereocenters. The van der Waals surface area contributed by atoms with Gasteiger partial charge in [0.2, 0.25) is 0 Å². The molecular weight excluding hydrogens is 350 g/mol. The summed E-state index contributed by atoms with van der Waals surface area (Å²) >= 11 is 9.65. The van der Waals surface area contributed by atoms with Crippen LogP contribution in [0.15, 0.2) is 40.9 Å². The molecule has 1 aliphatic rings. The summed E-state index contributed by atoms with van der Waals surface area (Å²) in [6.07, 6.45) is 0.952. The second-order valence-corrected chi connectivity index (χ2v) is 6.66. The van der Waals surface area contributed by atoms with Crippen LogP contribution in [-0.4, -0.2) is 7.05 Å². The van der Waals surface area contributed by atoms with Crippen LogP contribution in [0.5, 0.6) is 5.75 Å². The van der Waals surface area contributed by atoms with Gasteiger partial charge in [0, 0.05) is 27.5 Å². The van der Waals surface area contributed by atoms with Crippen molar-refractivity contribution >= 4 is 27.5 Å². The topological polar surface area (TPSA) is 21.3 Å². The molecule has 21 heavy (non-hydrogen) atoms. The zero-order valence-electron chi connectivity index (χ0n) is 12.0. The van der Waals surface area contributed by atoms with Crippen molar-refractivity contribution in [3.63, 3.8) is 0 Å². The molecule has 0 saturated carbocycles. The number of halogens is 2. The Morgan fingerprint density at radius 1 is 1.24 bits per heavy atom. The predicted octanol–water partition coefficient (Wildman–Crippen LogP) is 5.20. The van der Waals surface area contributed by atoms with E-state index in [4.69, 9.17) is 16.3 Å². The Hall–Kier alpha value is -1.03. The third-order valence-electron chi connectivity index (χ3n) is 3.97. The highest BCUT2D eigenvalue weighted by molar-refractivity contribution is 9.10. The quantitative estimate of drug-likeness (QED) is 0.789. The van der Waals surface area contributed by atoms with Crippen LogP contribution in [0.4, 0.5) is 0 Å². The van der Waals surface area contributed by atoms with Gasteiger partial charge in [-0.2, -0.15) is 0 Å². The first-order chi connectivity index (χ1) is 10.1. The van der Waals surface area contributed by atoms with Gasteiger partial charge in [-0.1, -0.05) is 39.7 Å². The fraction of sp³-hybridized carbons (Fsp3) is 0.294. The molecule has 0 spiro atoms. The minimum absolute atomic E-state index is 0.0583. The standard InChI is InChI=1S/C17H17BrClNO/c1-10-7-11(3-5-14(10)18)17-9-15(20-2)13-8-12(19)4-6-16(13)21-17/h3-8,15,17,20H,9H2,1-2H3. The highest BCUT2D eigenvalue weighted by Crippen LogP contribution is 2.42. The molecule has 0 fully saturated rings. The van der Waals surface area contributed by atoms with Crippen molar-refractivity contribution < 1.29 is 4.74 Å². The van der Waals surface area contributed by atoms with Crippen molar-refractivity contribution in [2.75, 3.05) is 7.05 Å². The maximum atomic E-state index is 6.19. The van der Waals surface area contributed by atoms with Crippen LogP contribution in [-0.2, 0) is 0 Å². The first-order valence-electron chi connectivity index (χ1n) is 6.98. The van der Waals surface area contributed by atoms with Gasteiger partial charge < -0.3 is 10.1 Å². The van der Waals surface area contributed by atoms with E-state index >= 15 is 0 Å². The predicted molar refractivity (Wildman–Crippen MR) is 90.1 cm³/mol. The van der Waals surface area contributed by atoms with Crippen molar-refractivity contribution in [3.8, 4) is 5.75 Å². The molecule has 2 aromatic carbocycles. The summed E-state index contributed by atoms with van der Waals surface area (Å²) in [6, 6.07) is 12.5. The van der Waals surface area contributed by atoms with Gasteiger partial charge in [-0.05, 0) is 49.4 Å². The van der Waals surface area contributed by atoms with Gasteiger partial charge in [0.15, 0.2) is 0 Å². The van der Waals surface area contributed by atoms with E-state index in [1.54, 1.807) is 0 Å². The molecule has 0 amide bonds. The third kappa shape index (κ3) is 2.96. The molecule has 0 radical (unpaired) electrons. The molecule has 4 heteroatoms. The number of fused-ring (bicyclic) bond motifs is 1. The molecule has 2 atom stereocenters. The van der Waals surface area contributed by atoms with Crippen LogP contribution in [0.25, 0.3) is 0 Å². The zero-order chi connectivity index (χ0) is 15.0. The Balaban J connectivity index is 1.96. The average Bonchev–Trinajstić information content (AvgIpc) is 2.49. The van der Waals surface area contributed by atoms with E-state index in [0.29, 0.717) is 0 Å². The second kappa shape index (κ2) is 5.99. The van der Waals surface area contributed by atoms with Gasteiger partial charge >= 0.3 is 0 Å². The summed E-state index contributed by atoms with van der Waals surface area (Å²) < 4.78 is 7.31. The minimum Gasteiger partial charge on any atom is -0.485 e. The van der Waals surface area contributed by atoms with Gasteiger partial charge in [0.1, 0.15) is 11.9 Å². The normalized spacial score (nSPS) is 20.8. The highest BCUT2D eigenvalue weighted by Gasteiger charge is 2.28. The van der Waals surface area contributed by atoms with Crippen LogP contribution >= 0.6 is 27.5 Å². The van der Waals surface area contributed by atoms with E-state index < -0.39 is 0 Å². The van der Waals surface area contributed by atoms with Gasteiger partial charge in [0.05, 0.1) is 0 Å². The zero-order valence-corrected chi connectivity index (χ0v) is 14.3. The Bertz CT molecular complexity index is 674. The molecule has 1 aliphatic heterocycles. The summed E-state index contributed by atoms with van der Waals surface area (Å²) in [5, 5.41) is 4.11. The van der Waals surface area contributed by atoms with Crippen molar-refractivity contribution in [1.29, 1.82) is 0 Å². The average molecular weight is 367 g/mol. The smallest absolute Gasteiger partial charge is 0.126 e. The van der Waals surface area contributed by atoms with Crippen LogP contribution in [0.2, 0.25) is 5.02 Å². The van der Waals surface area contributed by atoms with Crippen molar-refractivity contribution in [1.82, 2.24) is 5.32 Å².